The summed E-state index contributed by atoms with van der Waals surface area (Å²) in [6, 6.07) is 5.32. The summed E-state index contributed by atoms with van der Waals surface area (Å²) in [6.07, 6.45) is 7.82. The Balaban J connectivity index is 1.51. The molecule has 1 aliphatic carbocycles. The van der Waals surface area contributed by atoms with Crippen molar-refractivity contribution < 1.29 is 9.59 Å². The topological polar surface area (TPSA) is 49.4 Å². The van der Waals surface area contributed by atoms with Gasteiger partial charge in [0, 0.05) is 29.6 Å². The van der Waals surface area contributed by atoms with Gasteiger partial charge in [-0.25, -0.2) is 0 Å². The third kappa shape index (κ3) is 4.78. The average Bonchev–Trinajstić information content (AvgIpc) is 2.64. The van der Waals surface area contributed by atoms with Crippen LogP contribution < -0.4 is 5.32 Å². The number of amides is 2. The van der Waals surface area contributed by atoms with Crippen LogP contribution in [-0.4, -0.2) is 35.3 Å². The van der Waals surface area contributed by atoms with E-state index in [-0.39, 0.29) is 11.8 Å². The summed E-state index contributed by atoms with van der Waals surface area (Å²) in [7, 11) is 0. The van der Waals surface area contributed by atoms with Crippen LogP contribution in [0.5, 0.6) is 0 Å². The Kier molecular flexibility index (Phi) is 6.69. The van der Waals surface area contributed by atoms with Crippen molar-refractivity contribution in [2.75, 3.05) is 13.1 Å². The van der Waals surface area contributed by atoms with Gasteiger partial charge in [0.15, 0.2) is 0 Å². The van der Waals surface area contributed by atoms with Gasteiger partial charge in [0.05, 0.1) is 0 Å². The van der Waals surface area contributed by atoms with Gasteiger partial charge in [0.1, 0.15) is 5.54 Å². The Morgan fingerprint density at radius 3 is 2.59 bits per heavy atom. The normalized spacial score (nSPS) is 23.0. The van der Waals surface area contributed by atoms with Crippen molar-refractivity contribution in [1.82, 2.24) is 10.2 Å². The van der Waals surface area contributed by atoms with Crippen molar-refractivity contribution in [3.05, 3.63) is 33.8 Å². The van der Waals surface area contributed by atoms with E-state index in [2.05, 4.69) is 5.32 Å². The van der Waals surface area contributed by atoms with Crippen LogP contribution >= 0.6 is 23.2 Å². The fraction of sp³-hybridized carbons (Fsp3) is 0.619. The second-order valence-electron chi connectivity index (χ2n) is 8.02. The van der Waals surface area contributed by atoms with Crippen LogP contribution in [0.15, 0.2) is 18.2 Å². The molecule has 0 aromatic heterocycles. The third-order valence-electron chi connectivity index (χ3n) is 6.11. The van der Waals surface area contributed by atoms with Gasteiger partial charge in [-0.3, -0.25) is 9.59 Å². The summed E-state index contributed by atoms with van der Waals surface area (Å²) >= 11 is 12.1. The Morgan fingerprint density at radius 2 is 1.96 bits per heavy atom. The minimum Gasteiger partial charge on any atom is -0.354 e. The molecule has 4 nitrogen and oxygen atoms in total. The molecular formula is C21H28Cl2N2O2. The highest BCUT2D eigenvalue weighted by Gasteiger charge is 2.49. The van der Waals surface area contributed by atoms with Crippen LogP contribution in [0.2, 0.25) is 10.0 Å². The third-order valence-corrected chi connectivity index (χ3v) is 6.69. The number of carbonyl (C=O) groups is 2. The van der Waals surface area contributed by atoms with E-state index in [0.717, 1.165) is 18.5 Å². The molecule has 1 aromatic carbocycles. The Hall–Kier alpha value is -1.26. The number of nitrogens with one attached hydrogen (secondary N) is 1. The quantitative estimate of drug-likeness (QED) is 0.743. The fourth-order valence-corrected chi connectivity index (χ4v) is 4.62. The van der Waals surface area contributed by atoms with E-state index < -0.39 is 5.54 Å². The summed E-state index contributed by atoms with van der Waals surface area (Å²) in [5, 5.41) is 4.26. The predicted octanol–water partition coefficient (Wildman–Crippen LogP) is 4.61. The van der Waals surface area contributed by atoms with Gasteiger partial charge in [-0.1, -0.05) is 48.5 Å². The highest BCUT2D eigenvalue weighted by atomic mass is 35.5. The van der Waals surface area contributed by atoms with E-state index in [9.17, 15) is 9.59 Å². The molecule has 2 amide bonds. The van der Waals surface area contributed by atoms with E-state index in [1.807, 2.05) is 13.0 Å². The van der Waals surface area contributed by atoms with Crippen molar-refractivity contribution in [1.29, 1.82) is 0 Å². The van der Waals surface area contributed by atoms with Gasteiger partial charge in [-0.15, -0.1) is 0 Å². The maximum Gasteiger partial charge on any atom is 0.245 e. The summed E-state index contributed by atoms with van der Waals surface area (Å²) in [5.74, 6) is 0.572. The van der Waals surface area contributed by atoms with E-state index in [0.29, 0.717) is 35.3 Å². The zero-order valence-corrected chi connectivity index (χ0v) is 17.4. The van der Waals surface area contributed by atoms with E-state index in [4.69, 9.17) is 23.2 Å². The number of hydrogen-bond donors (Lipinski definition) is 1. The number of likely N-dealkylation sites (tertiary alicyclic amines) is 1. The molecule has 3 rings (SSSR count). The molecule has 0 spiro atoms. The van der Waals surface area contributed by atoms with Gasteiger partial charge in [-0.2, -0.15) is 0 Å². The van der Waals surface area contributed by atoms with Crippen molar-refractivity contribution in [2.45, 2.75) is 63.8 Å². The molecule has 27 heavy (non-hydrogen) atoms. The van der Waals surface area contributed by atoms with Gasteiger partial charge in [0.25, 0.3) is 0 Å². The first-order valence-electron chi connectivity index (χ1n) is 9.93. The van der Waals surface area contributed by atoms with Crippen LogP contribution in [0.25, 0.3) is 0 Å². The Morgan fingerprint density at radius 1 is 1.22 bits per heavy atom. The van der Waals surface area contributed by atoms with Crippen LogP contribution in [0.4, 0.5) is 0 Å². The number of hydrogen-bond acceptors (Lipinski definition) is 2. The molecule has 2 fully saturated rings. The molecule has 1 heterocycles. The van der Waals surface area contributed by atoms with Crippen LogP contribution in [0, 0.1) is 5.92 Å². The van der Waals surface area contributed by atoms with E-state index >= 15 is 0 Å². The van der Waals surface area contributed by atoms with Crippen molar-refractivity contribution in [2.24, 2.45) is 5.92 Å². The van der Waals surface area contributed by atoms with Crippen molar-refractivity contribution >= 4 is 35.0 Å². The number of rotatable bonds is 6. The molecule has 1 aromatic rings. The minimum atomic E-state index is -0.713. The number of benzene rings is 1. The molecule has 1 saturated heterocycles. The lowest BCUT2D eigenvalue weighted by atomic mass is 9.84. The first-order chi connectivity index (χ1) is 12.9. The largest absolute Gasteiger partial charge is 0.354 e. The molecule has 1 saturated carbocycles. The minimum absolute atomic E-state index is 0.00239. The van der Waals surface area contributed by atoms with Crippen LogP contribution in [0.3, 0.4) is 0 Å². The lowest BCUT2D eigenvalue weighted by molar-refractivity contribution is -0.157. The van der Waals surface area contributed by atoms with Gasteiger partial charge in [0.2, 0.25) is 11.8 Å². The monoisotopic (exact) mass is 410 g/mol. The van der Waals surface area contributed by atoms with Gasteiger partial charge < -0.3 is 10.2 Å². The summed E-state index contributed by atoms with van der Waals surface area (Å²) in [4.78, 5) is 27.1. The lowest BCUT2D eigenvalue weighted by Gasteiger charge is -2.49. The Bertz CT molecular complexity index is 703. The lowest BCUT2D eigenvalue weighted by Crippen LogP contribution is -2.67. The zero-order chi connectivity index (χ0) is 19.4. The number of nitrogens with zero attached hydrogens (tertiary/aromatic N) is 1. The maximum absolute atomic E-state index is 12.7. The molecule has 0 bridgehead atoms. The number of carbonyl (C=O) groups excluding carboxylic acids is 2. The smallest absolute Gasteiger partial charge is 0.245 e. The SMILES string of the molecule is CC1(C(=O)NCC2CCCCC2)CCN1C(=O)CCc1ccc(Cl)cc1Cl. The second-order valence-corrected chi connectivity index (χ2v) is 8.86. The first-order valence-corrected chi connectivity index (χ1v) is 10.7. The highest BCUT2D eigenvalue weighted by Crippen LogP contribution is 2.32. The van der Waals surface area contributed by atoms with E-state index in [1.165, 1.54) is 32.1 Å². The predicted molar refractivity (Wildman–Crippen MR) is 109 cm³/mol. The van der Waals surface area contributed by atoms with Gasteiger partial charge >= 0.3 is 0 Å². The molecule has 1 aliphatic heterocycles. The molecule has 0 radical (unpaired) electrons. The fourth-order valence-electron chi connectivity index (χ4n) is 4.11. The first kappa shape index (κ1) is 20.5. The molecule has 148 valence electrons. The maximum atomic E-state index is 12.7. The van der Waals surface area contributed by atoms with Crippen LogP contribution in [0.1, 0.15) is 57.4 Å². The summed E-state index contributed by atoms with van der Waals surface area (Å²) in [5.41, 5.74) is 0.189. The van der Waals surface area contributed by atoms with Gasteiger partial charge in [-0.05, 0) is 56.2 Å². The van der Waals surface area contributed by atoms with Crippen LogP contribution in [-0.2, 0) is 16.0 Å². The highest BCUT2D eigenvalue weighted by molar-refractivity contribution is 6.35. The molecule has 1 N–H and O–H groups in total. The second kappa shape index (κ2) is 8.83. The summed E-state index contributed by atoms with van der Waals surface area (Å²) < 4.78 is 0. The molecule has 6 heteroatoms. The molecule has 1 unspecified atom stereocenters. The molecule has 1 atom stereocenters. The Labute approximate surface area is 171 Å². The van der Waals surface area contributed by atoms with Crippen molar-refractivity contribution in [3.8, 4) is 0 Å². The molecular weight excluding hydrogens is 383 g/mol. The number of aryl methyl sites for hydroxylation is 1. The van der Waals surface area contributed by atoms with E-state index in [1.54, 1.807) is 17.0 Å². The standard InChI is InChI=1S/C21H28Cl2N2O2/c1-21(20(27)24-14-15-5-3-2-4-6-15)11-12-25(21)19(26)10-8-16-7-9-17(22)13-18(16)23/h7,9,13,15H,2-6,8,10-12,14H2,1H3,(H,24,27). The number of halogens is 2. The molecule has 2 aliphatic rings. The summed E-state index contributed by atoms with van der Waals surface area (Å²) in [6.45, 7) is 3.25. The van der Waals surface area contributed by atoms with Crippen molar-refractivity contribution in [3.63, 3.8) is 0 Å². The average molecular weight is 411 g/mol. The zero-order valence-electron chi connectivity index (χ0n) is 15.9.